The summed E-state index contributed by atoms with van der Waals surface area (Å²) in [7, 11) is 4.21. The summed E-state index contributed by atoms with van der Waals surface area (Å²) in [6.45, 7) is 6.92. The van der Waals surface area contributed by atoms with E-state index in [9.17, 15) is 24.3 Å². The highest BCUT2D eigenvalue weighted by Gasteiger charge is 2.34. The van der Waals surface area contributed by atoms with Gasteiger partial charge in [0.25, 0.3) is 5.91 Å². The Kier molecular flexibility index (Phi) is 12.0. The molecular weight excluding hydrogens is 520 g/mol. The molecule has 220 valence electrons. The smallest absolute Gasteiger partial charge is 0.405 e. The monoisotopic (exact) mass is 560 g/mol. The normalized spacial score (nSPS) is 32.7. The molecule has 0 fully saturated rings. The van der Waals surface area contributed by atoms with Crippen LogP contribution in [0.15, 0.2) is 58.6 Å². The van der Waals surface area contributed by atoms with Crippen LogP contribution in [-0.4, -0.2) is 74.4 Å². The molecule has 0 saturated carbocycles. The Hall–Kier alpha value is -3.54. The van der Waals surface area contributed by atoms with Gasteiger partial charge in [0, 0.05) is 37.4 Å². The number of Topliss-reactive ketones (excluding diaryl/α,β-unsaturated/α-hetero) is 1. The van der Waals surface area contributed by atoms with E-state index in [2.05, 4.69) is 5.32 Å². The summed E-state index contributed by atoms with van der Waals surface area (Å²) in [5.74, 6) is -2.39. The highest BCUT2D eigenvalue weighted by Crippen LogP contribution is 2.29. The van der Waals surface area contributed by atoms with Crippen molar-refractivity contribution in [1.29, 1.82) is 0 Å². The predicted octanol–water partition coefficient (Wildman–Crippen LogP) is 2.41. The van der Waals surface area contributed by atoms with E-state index in [1.807, 2.05) is 6.92 Å². The molecule has 0 unspecified atom stereocenters. The number of hydrogen-bond acceptors (Lipinski definition) is 9. The summed E-state index contributed by atoms with van der Waals surface area (Å²) >= 11 is 0. The zero-order valence-corrected chi connectivity index (χ0v) is 24.1. The first-order valence-corrected chi connectivity index (χ1v) is 13.0. The van der Waals surface area contributed by atoms with Crippen molar-refractivity contribution < 1.29 is 43.2 Å². The van der Waals surface area contributed by atoms with Crippen LogP contribution >= 0.6 is 0 Å². The molecule has 2 rings (SSSR count). The van der Waals surface area contributed by atoms with Crippen LogP contribution in [0.25, 0.3) is 0 Å². The van der Waals surface area contributed by atoms with E-state index >= 15 is 0 Å². The number of amides is 2. The molecule has 2 aliphatic rings. The Morgan fingerprint density at radius 2 is 1.77 bits per heavy atom. The Morgan fingerprint density at radius 3 is 2.35 bits per heavy atom. The maximum atomic E-state index is 13.3. The number of allylic oxidation sites excluding steroid dienone is 4. The molecule has 1 aliphatic carbocycles. The highest BCUT2D eigenvalue weighted by molar-refractivity contribution is 6.23. The molecule has 0 aromatic heterocycles. The second-order valence-corrected chi connectivity index (χ2v) is 10.1. The number of nitrogens with one attached hydrogen (secondary N) is 1. The molecule has 0 radical (unpaired) electrons. The van der Waals surface area contributed by atoms with Crippen molar-refractivity contribution in [2.45, 2.75) is 65.0 Å². The fraction of sp³-hybridized carbons (Fsp3) is 0.517. The Morgan fingerprint density at radius 1 is 1.10 bits per heavy atom. The first kappa shape index (κ1) is 32.7. The summed E-state index contributed by atoms with van der Waals surface area (Å²) in [4.78, 5) is 50.6. The lowest BCUT2D eigenvalue weighted by molar-refractivity contribution is -0.120. The fourth-order valence-corrected chi connectivity index (χ4v) is 4.78. The average molecular weight is 561 g/mol. The maximum absolute atomic E-state index is 13.3. The summed E-state index contributed by atoms with van der Waals surface area (Å²) in [5, 5.41) is 13.7. The van der Waals surface area contributed by atoms with E-state index < -0.39 is 53.9 Å². The molecule has 11 heteroatoms. The van der Waals surface area contributed by atoms with Gasteiger partial charge >= 0.3 is 6.09 Å². The molecule has 1 heterocycles. The summed E-state index contributed by atoms with van der Waals surface area (Å²) in [6.07, 6.45) is 3.61. The highest BCUT2D eigenvalue weighted by atomic mass is 16.6. The molecule has 0 aromatic carbocycles. The van der Waals surface area contributed by atoms with E-state index in [4.69, 9.17) is 24.7 Å². The molecule has 40 heavy (non-hydrogen) atoms. The SMILES string of the molecule is COC1=C2C[C@@H](C)C[C@H](OC)[C@H](O)[C@@H](C)/C=C(\C)[C@@H](OC(N)=O)[C@H](OC)/C=C\C=C(/C)C(=O)NC(=CC1=O)C2=O. The largest absolute Gasteiger partial charge is 0.492 e. The van der Waals surface area contributed by atoms with E-state index in [0.29, 0.717) is 12.0 Å². The van der Waals surface area contributed by atoms with Crippen molar-refractivity contribution in [2.75, 3.05) is 21.3 Å². The first-order valence-electron chi connectivity index (χ1n) is 13.0. The number of aliphatic hydroxyl groups is 1. The zero-order chi connectivity index (χ0) is 30.1. The number of fused-ring (bicyclic) bond motifs is 2. The molecular formula is C29H40N2O9. The minimum Gasteiger partial charge on any atom is -0.492 e. The number of carbonyl (C=O) groups is 4. The van der Waals surface area contributed by atoms with Crippen LogP contribution in [0.2, 0.25) is 0 Å². The van der Waals surface area contributed by atoms with Gasteiger partial charge in [0.1, 0.15) is 6.10 Å². The van der Waals surface area contributed by atoms with Gasteiger partial charge in [-0.05, 0) is 38.2 Å². The number of aliphatic hydroxyl groups excluding tert-OH is 1. The van der Waals surface area contributed by atoms with Crippen molar-refractivity contribution in [3.8, 4) is 0 Å². The second-order valence-electron chi connectivity index (χ2n) is 10.1. The van der Waals surface area contributed by atoms with Gasteiger partial charge in [-0.2, -0.15) is 0 Å². The molecule has 0 saturated heterocycles. The molecule has 2 bridgehead atoms. The Balaban J connectivity index is 2.60. The van der Waals surface area contributed by atoms with Gasteiger partial charge in [0.05, 0.1) is 25.0 Å². The van der Waals surface area contributed by atoms with Gasteiger partial charge in [-0.25, -0.2) is 4.79 Å². The van der Waals surface area contributed by atoms with Gasteiger partial charge in [0.15, 0.2) is 11.9 Å². The third kappa shape index (κ3) is 8.23. The van der Waals surface area contributed by atoms with Crippen LogP contribution in [0.1, 0.15) is 40.5 Å². The second kappa shape index (κ2) is 14.7. The first-order chi connectivity index (χ1) is 18.8. The molecule has 6 atom stereocenters. The predicted molar refractivity (Wildman–Crippen MR) is 147 cm³/mol. The molecule has 0 aromatic rings. The zero-order valence-electron chi connectivity index (χ0n) is 24.1. The topological polar surface area (TPSA) is 163 Å². The minimum absolute atomic E-state index is 0.0801. The summed E-state index contributed by atoms with van der Waals surface area (Å²) < 4.78 is 21.7. The van der Waals surface area contributed by atoms with Crippen molar-refractivity contribution in [3.63, 3.8) is 0 Å². The number of primary amides is 1. The third-order valence-electron chi connectivity index (χ3n) is 6.95. The van der Waals surface area contributed by atoms with E-state index in [1.54, 1.807) is 32.1 Å². The summed E-state index contributed by atoms with van der Waals surface area (Å²) in [5.41, 5.74) is 6.12. The van der Waals surface area contributed by atoms with Gasteiger partial charge < -0.3 is 35.1 Å². The van der Waals surface area contributed by atoms with Crippen LogP contribution < -0.4 is 11.1 Å². The Bertz CT molecular complexity index is 1150. The van der Waals surface area contributed by atoms with E-state index in [0.717, 1.165) is 6.08 Å². The van der Waals surface area contributed by atoms with Gasteiger partial charge in [-0.1, -0.05) is 38.2 Å². The number of ether oxygens (including phenoxy) is 4. The maximum Gasteiger partial charge on any atom is 0.405 e. The molecule has 0 spiro atoms. The number of nitrogens with two attached hydrogens (primary N) is 1. The van der Waals surface area contributed by atoms with Crippen LogP contribution in [0.3, 0.4) is 0 Å². The molecule has 11 nitrogen and oxygen atoms in total. The number of carbonyl (C=O) groups excluding carboxylic acids is 4. The Labute approximate surface area is 234 Å². The van der Waals surface area contributed by atoms with Gasteiger partial charge in [0.2, 0.25) is 11.6 Å². The van der Waals surface area contributed by atoms with Crippen LogP contribution in [-0.2, 0) is 33.3 Å². The van der Waals surface area contributed by atoms with Crippen molar-refractivity contribution in [2.24, 2.45) is 17.6 Å². The molecule has 2 amide bonds. The quantitative estimate of drug-likeness (QED) is 0.346. The lowest BCUT2D eigenvalue weighted by atomic mass is 9.85. The van der Waals surface area contributed by atoms with Crippen molar-refractivity contribution >= 4 is 23.6 Å². The lowest BCUT2D eigenvalue weighted by Crippen LogP contribution is -2.37. The van der Waals surface area contributed by atoms with Gasteiger partial charge in [-0.15, -0.1) is 0 Å². The molecule has 1 aliphatic heterocycles. The number of methoxy groups -OCH3 is 3. The van der Waals surface area contributed by atoms with E-state index in [-0.39, 0.29) is 34.9 Å². The van der Waals surface area contributed by atoms with Crippen molar-refractivity contribution in [3.05, 3.63) is 58.6 Å². The number of ketones is 2. The molecule has 4 N–H and O–H groups in total. The minimum atomic E-state index is -1.00. The van der Waals surface area contributed by atoms with E-state index in [1.165, 1.54) is 34.3 Å². The fourth-order valence-electron chi connectivity index (χ4n) is 4.78. The van der Waals surface area contributed by atoms with Crippen LogP contribution in [0.4, 0.5) is 4.79 Å². The van der Waals surface area contributed by atoms with Crippen molar-refractivity contribution in [1.82, 2.24) is 5.32 Å². The standard InChI is InChI=1S/C29H40N2O9/c1-15-11-19-25(34)20(14-21(32)27(19)39-7)31-28(35)16(2)9-8-10-22(37-5)26(40-29(30)36)18(4)13-17(3)24(33)23(12-15)38-6/h8-10,13-15,17,22-24,26,33H,11-12H2,1-7H3,(H2,30,36)(H,31,35)/b10-8-,16-9+,18-13+/t15-,17+,22-,23+,24-,26-/m1/s1. The number of hydrogen-bond donors (Lipinski definition) is 3. The lowest BCUT2D eigenvalue weighted by Gasteiger charge is -2.29. The third-order valence-corrected chi connectivity index (χ3v) is 6.95. The van der Waals surface area contributed by atoms with Gasteiger partial charge in [-0.3, -0.25) is 14.4 Å². The summed E-state index contributed by atoms with van der Waals surface area (Å²) in [6, 6.07) is 0. The van der Waals surface area contributed by atoms with Crippen LogP contribution in [0.5, 0.6) is 0 Å². The van der Waals surface area contributed by atoms with Crippen LogP contribution in [0, 0.1) is 11.8 Å². The number of rotatable bonds is 4. The average Bonchev–Trinajstić information content (AvgIpc) is 2.90.